The molecule has 1 heterocycles. The van der Waals surface area contributed by atoms with E-state index in [2.05, 4.69) is 16.7 Å². The number of rotatable bonds is 5. The van der Waals surface area contributed by atoms with E-state index < -0.39 is 5.97 Å². The zero-order valence-corrected chi connectivity index (χ0v) is 11.6. The highest BCUT2D eigenvalue weighted by atomic mass is 32.1. The Morgan fingerprint density at radius 1 is 1.44 bits per heavy atom. The van der Waals surface area contributed by atoms with Gasteiger partial charge in [0.25, 0.3) is 0 Å². The maximum absolute atomic E-state index is 11.5. The maximum Gasteiger partial charge on any atom is 0.315 e. The van der Waals surface area contributed by atoms with Crippen LogP contribution in [0.2, 0.25) is 0 Å². The van der Waals surface area contributed by atoms with Gasteiger partial charge in [-0.3, -0.25) is 4.79 Å². The number of amides is 2. The van der Waals surface area contributed by atoms with E-state index in [0.29, 0.717) is 0 Å². The molecule has 0 radical (unpaired) electrons. The lowest BCUT2D eigenvalue weighted by molar-refractivity contribution is -0.136. The highest BCUT2D eigenvalue weighted by Crippen LogP contribution is 2.25. The molecule has 1 aromatic heterocycles. The molecule has 18 heavy (non-hydrogen) atoms. The first-order valence-electron chi connectivity index (χ1n) is 5.73. The molecule has 0 saturated carbocycles. The lowest BCUT2D eigenvalue weighted by atomic mass is 10.1. The van der Waals surface area contributed by atoms with E-state index in [1.54, 1.807) is 11.3 Å². The molecule has 0 saturated heterocycles. The molecule has 1 atom stereocenters. The molecule has 0 spiro atoms. The van der Waals surface area contributed by atoms with Gasteiger partial charge in [-0.1, -0.05) is 0 Å². The Kier molecular flexibility index (Phi) is 5.15. The molecule has 5 nitrogen and oxygen atoms in total. The van der Waals surface area contributed by atoms with Crippen LogP contribution in [0.15, 0.2) is 6.07 Å². The summed E-state index contributed by atoms with van der Waals surface area (Å²) in [5.74, 6) is -0.923. The number of nitrogens with one attached hydrogen (secondary N) is 2. The summed E-state index contributed by atoms with van der Waals surface area (Å²) in [4.78, 5) is 24.2. The van der Waals surface area contributed by atoms with Crippen LogP contribution >= 0.6 is 11.3 Å². The van der Waals surface area contributed by atoms with E-state index in [9.17, 15) is 9.59 Å². The fourth-order valence-electron chi connectivity index (χ4n) is 1.69. The minimum Gasteiger partial charge on any atom is -0.481 e. The lowest BCUT2D eigenvalue weighted by Crippen LogP contribution is -2.38. The Labute approximate surface area is 110 Å². The standard InChI is InChI=1S/C12H18N2O3S/c1-7-6-10(9(3)18-7)8(2)14-12(17)13-5-4-11(15)16/h6,8H,4-5H2,1-3H3,(H,15,16)(H2,13,14,17). The molecule has 1 unspecified atom stereocenters. The van der Waals surface area contributed by atoms with E-state index >= 15 is 0 Å². The summed E-state index contributed by atoms with van der Waals surface area (Å²) in [5.41, 5.74) is 1.10. The fourth-order valence-corrected chi connectivity index (χ4v) is 2.71. The molecule has 0 bridgehead atoms. The van der Waals surface area contributed by atoms with Crippen LogP contribution in [-0.4, -0.2) is 23.7 Å². The van der Waals surface area contributed by atoms with Crippen LogP contribution < -0.4 is 10.6 Å². The van der Waals surface area contributed by atoms with Crippen molar-refractivity contribution < 1.29 is 14.7 Å². The van der Waals surface area contributed by atoms with Gasteiger partial charge in [0, 0.05) is 16.3 Å². The highest BCUT2D eigenvalue weighted by molar-refractivity contribution is 7.12. The van der Waals surface area contributed by atoms with Crippen molar-refractivity contribution in [2.75, 3.05) is 6.54 Å². The van der Waals surface area contributed by atoms with Gasteiger partial charge >= 0.3 is 12.0 Å². The third-order valence-electron chi connectivity index (χ3n) is 2.52. The summed E-state index contributed by atoms with van der Waals surface area (Å²) in [6.07, 6.45) is -0.0710. The number of carboxylic acids is 1. The minimum absolute atomic E-state index is 0.0710. The van der Waals surface area contributed by atoms with Crippen LogP contribution in [-0.2, 0) is 4.79 Å². The number of carbonyl (C=O) groups is 2. The van der Waals surface area contributed by atoms with Gasteiger partial charge in [-0.15, -0.1) is 11.3 Å². The Bertz CT molecular complexity index is 443. The Morgan fingerprint density at radius 2 is 2.11 bits per heavy atom. The third-order valence-corrected chi connectivity index (χ3v) is 3.50. The van der Waals surface area contributed by atoms with Crippen LogP contribution in [0.5, 0.6) is 0 Å². The summed E-state index contributed by atoms with van der Waals surface area (Å²) < 4.78 is 0. The van der Waals surface area contributed by atoms with Crippen molar-refractivity contribution in [1.82, 2.24) is 10.6 Å². The van der Waals surface area contributed by atoms with Gasteiger partial charge in [0.15, 0.2) is 0 Å². The largest absolute Gasteiger partial charge is 0.481 e. The van der Waals surface area contributed by atoms with Crippen molar-refractivity contribution >= 4 is 23.3 Å². The smallest absolute Gasteiger partial charge is 0.315 e. The molecule has 0 aliphatic carbocycles. The summed E-state index contributed by atoms with van der Waals surface area (Å²) in [6, 6.07) is 1.63. The van der Waals surface area contributed by atoms with Crippen molar-refractivity contribution in [2.45, 2.75) is 33.2 Å². The summed E-state index contributed by atoms with van der Waals surface area (Å²) >= 11 is 1.70. The third kappa shape index (κ3) is 4.37. The molecular formula is C12H18N2O3S. The monoisotopic (exact) mass is 270 g/mol. The molecule has 2 amide bonds. The fraction of sp³-hybridized carbons (Fsp3) is 0.500. The van der Waals surface area contributed by atoms with E-state index in [0.717, 1.165) is 5.56 Å². The molecule has 0 fully saturated rings. The van der Waals surface area contributed by atoms with Gasteiger partial charge in [-0.05, 0) is 32.4 Å². The Balaban J connectivity index is 2.44. The van der Waals surface area contributed by atoms with Crippen molar-refractivity contribution in [3.8, 4) is 0 Å². The predicted molar refractivity (Wildman–Crippen MR) is 71.0 cm³/mol. The minimum atomic E-state index is -0.923. The van der Waals surface area contributed by atoms with Gasteiger partial charge < -0.3 is 15.7 Å². The van der Waals surface area contributed by atoms with E-state index in [4.69, 9.17) is 5.11 Å². The first-order chi connectivity index (χ1) is 8.40. The molecule has 0 aliphatic heterocycles. The second-order valence-corrected chi connectivity index (χ2v) is 5.59. The van der Waals surface area contributed by atoms with Crippen LogP contribution in [0.4, 0.5) is 4.79 Å². The maximum atomic E-state index is 11.5. The van der Waals surface area contributed by atoms with E-state index in [1.807, 2.05) is 20.8 Å². The number of aryl methyl sites for hydroxylation is 2. The van der Waals surface area contributed by atoms with E-state index in [-0.39, 0.29) is 25.0 Å². The van der Waals surface area contributed by atoms with Gasteiger partial charge in [0.1, 0.15) is 0 Å². The van der Waals surface area contributed by atoms with Crippen LogP contribution in [0, 0.1) is 13.8 Å². The van der Waals surface area contributed by atoms with Crippen molar-refractivity contribution in [2.24, 2.45) is 0 Å². The SMILES string of the molecule is Cc1cc(C(C)NC(=O)NCCC(=O)O)c(C)s1. The average Bonchev–Trinajstić information content (AvgIpc) is 2.57. The second kappa shape index (κ2) is 6.39. The topological polar surface area (TPSA) is 78.4 Å². The van der Waals surface area contributed by atoms with Crippen LogP contribution in [0.25, 0.3) is 0 Å². The summed E-state index contributed by atoms with van der Waals surface area (Å²) in [5, 5.41) is 13.8. The van der Waals surface area contributed by atoms with Gasteiger partial charge in [-0.2, -0.15) is 0 Å². The van der Waals surface area contributed by atoms with E-state index in [1.165, 1.54) is 9.75 Å². The molecule has 6 heteroatoms. The van der Waals surface area contributed by atoms with Gasteiger partial charge in [0.2, 0.25) is 0 Å². The lowest BCUT2D eigenvalue weighted by Gasteiger charge is -2.14. The number of hydrogen-bond acceptors (Lipinski definition) is 3. The normalized spacial score (nSPS) is 11.9. The second-order valence-electron chi connectivity index (χ2n) is 4.13. The number of urea groups is 1. The zero-order chi connectivity index (χ0) is 13.7. The number of aliphatic carboxylic acids is 1. The number of carbonyl (C=O) groups excluding carboxylic acids is 1. The quantitative estimate of drug-likeness (QED) is 0.767. The van der Waals surface area contributed by atoms with Gasteiger partial charge in [-0.25, -0.2) is 4.79 Å². The molecule has 1 rings (SSSR count). The molecule has 1 aromatic rings. The van der Waals surface area contributed by atoms with Crippen molar-refractivity contribution in [1.29, 1.82) is 0 Å². The Morgan fingerprint density at radius 3 is 2.61 bits per heavy atom. The predicted octanol–water partition coefficient (Wildman–Crippen LogP) is 2.20. The Hall–Kier alpha value is -1.56. The average molecular weight is 270 g/mol. The molecule has 100 valence electrons. The first kappa shape index (κ1) is 14.5. The number of hydrogen-bond donors (Lipinski definition) is 3. The molecular weight excluding hydrogens is 252 g/mol. The highest BCUT2D eigenvalue weighted by Gasteiger charge is 2.13. The van der Waals surface area contributed by atoms with Crippen molar-refractivity contribution in [3.05, 3.63) is 21.4 Å². The summed E-state index contributed by atoms with van der Waals surface area (Å²) in [6.45, 7) is 6.09. The summed E-state index contributed by atoms with van der Waals surface area (Å²) in [7, 11) is 0. The molecule has 0 aromatic carbocycles. The van der Waals surface area contributed by atoms with Crippen molar-refractivity contribution in [3.63, 3.8) is 0 Å². The molecule has 3 N–H and O–H groups in total. The molecule has 0 aliphatic rings. The number of carboxylic acid groups (broad SMARTS) is 1. The van der Waals surface area contributed by atoms with Crippen LogP contribution in [0.1, 0.15) is 34.7 Å². The van der Waals surface area contributed by atoms with Crippen LogP contribution in [0.3, 0.4) is 0 Å². The first-order valence-corrected chi connectivity index (χ1v) is 6.55. The number of thiophene rings is 1. The van der Waals surface area contributed by atoms with Gasteiger partial charge in [0.05, 0.1) is 12.5 Å². The zero-order valence-electron chi connectivity index (χ0n) is 10.7.